The first-order valence-corrected chi connectivity index (χ1v) is 6.09. The molecule has 0 fully saturated rings. The molecular formula is C8H8ClF3N2O2S. The number of nitrogen functional groups attached to an aromatic ring is 1. The molecule has 0 aliphatic carbocycles. The van der Waals surface area contributed by atoms with E-state index in [2.05, 4.69) is 0 Å². The van der Waals surface area contributed by atoms with Crippen LogP contribution >= 0.6 is 11.6 Å². The van der Waals surface area contributed by atoms with Crippen molar-refractivity contribution in [2.45, 2.75) is 11.1 Å². The minimum atomic E-state index is -4.64. The van der Waals surface area contributed by atoms with E-state index in [1.165, 1.54) is 16.9 Å². The fourth-order valence-corrected chi connectivity index (χ4v) is 2.53. The van der Waals surface area contributed by atoms with Gasteiger partial charge in [0.25, 0.3) is 0 Å². The van der Waals surface area contributed by atoms with Gasteiger partial charge in [0.05, 0.1) is 5.02 Å². The molecule has 1 rings (SSSR count). The Morgan fingerprint density at radius 2 is 1.94 bits per heavy atom. The number of halogens is 4. The molecular weight excluding hydrogens is 281 g/mol. The molecule has 96 valence electrons. The molecule has 0 bridgehead atoms. The Morgan fingerprint density at radius 3 is 2.47 bits per heavy atom. The van der Waals surface area contributed by atoms with Crippen LogP contribution in [0.5, 0.6) is 0 Å². The van der Waals surface area contributed by atoms with Crippen LogP contribution in [-0.2, 0) is 10.0 Å². The number of sulfonamides is 1. The van der Waals surface area contributed by atoms with Crippen molar-refractivity contribution in [1.29, 1.82) is 0 Å². The zero-order chi connectivity index (χ0) is 13.3. The summed E-state index contributed by atoms with van der Waals surface area (Å²) in [6.07, 6.45) is -4.64. The van der Waals surface area contributed by atoms with E-state index in [1.54, 1.807) is 0 Å². The second kappa shape index (κ2) is 4.71. The van der Waals surface area contributed by atoms with Crippen molar-refractivity contribution in [2.75, 3.05) is 12.3 Å². The zero-order valence-corrected chi connectivity index (χ0v) is 9.83. The molecule has 1 aromatic carbocycles. The summed E-state index contributed by atoms with van der Waals surface area (Å²) in [5, 5.41) is -0.200. The molecule has 0 heterocycles. The Kier molecular flexibility index (Phi) is 3.90. The van der Waals surface area contributed by atoms with Gasteiger partial charge in [-0.05, 0) is 18.2 Å². The fourth-order valence-electron chi connectivity index (χ4n) is 0.980. The Labute approximate surface area is 101 Å². The molecule has 0 aromatic heterocycles. The molecule has 9 heteroatoms. The van der Waals surface area contributed by atoms with Gasteiger partial charge in [-0.15, -0.1) is 0 Å². The standard InChI is InChI=1S/C8H8ClF3N2O2S/c9-6-2-1-5(13)3-7(6)17(15,16)14-4-8(10,11)12/h1-3,14H,4,13H2. The summed E-state index contributed by atoms with van der Waals surface area (Å²) in [7, 11) is -4.33. The van der Waals surface area contributed by atoms with E-state index in [9.17, 15) is 21.6 Å². The summed E-state index contributed by atoms with van der Waals surface area (Å²) in [5.41, 5.74) is 5.42. The first-order chi connectivity index (χ1) is 7.62. The van der Waals surface area contributed by atoms with Crippen LogP contribution in [0.4, 0.5) is 18.9 Å². The molecule has 0 atom stereocenters. The van der Waals surface area contributed by atoms with Gasteiger partial charge in [0, 0.05) is 5.69 Å². The fraction of sp³-hybridized carbons (Fsp3) is 0.250. The monoisotopic (exact) mass is 288 g/mol. The van der Waals surface area contributed by atoms with Crippen LogP contribution < -0.4 is 10.5 Å². The van der Waals surface area contributed by atoms with Crippen molar-refractivity contribution >= 4 is 27.3 Å². The van der Waals surface area contributed by atoms with Gasteiger partial charge >= 0.3 is 6.18 Å². The highest BCUT2D eigenvalue weighted by atomic mass is 35.5. The summed E-state index contributed by atoms with van der Waals surface area (Å²) in [5.74, 6) is 0. The largest absolute Gasteiger partial charge is 0.402 e. The molecule has 0 unspecified atom stereocenters. The predicted octanol–water partition coefficient (Wildman–Crippen LogP) is 1.76. The van der Waals surface area contributed by atoms with Gasteiger partial charge in [0.2, 0.25) is 10.0 Å². The van der Waals surface area contributed by atoms with Crippen molar-refractivity contribution < 1.29 is 21.6 Å². The maximum atomic E-state index is 11.9. The Bertz CT molecular complexity index is 516. The summed E-state index contributed by atoms with van der Waals surface area (Å²) >= 11 is 5.57. The molecule has 0 radical (unpaired) electrons. The SMILES string of the molecule is Nc1ccc(Cl)c(S(=O)(=O)NCC(F)(F)F)c1. The molecule has 17 heavy (non-hydrogen) atoms. The maximum Gasteiger partial charge on any atom is 0.402 e. The number of anilines is 1. The van der Waals surface area contributed by atoms with Crippen LogP contribution in [0.3, 0.4) is 0 Å². The lowest BCUT2D eigenvalue weighted by molar-refractivity contribution is -0.121. The second-order valence-electron chi connectivity index (χ2n) is 3.13. The van der Waals surface area contributed by atoms with E-state index in [1.807, 2.05) is 0 Å². The minimum absolute atomic E-state index is 0.0850. The summed E-state index contributed by atoms with van der Waals surface area (Å²) in [6.45, 7) is -1.67. The Morgan fingerprint density at radius 1 is 1.35 bits per heavy atom. The van der Waals surface area contributed by atoms with E-state index in [-0.39, 0.29) is 10.7 Å². The number of nitrogens with two attached hydrogens (primary N) is 1. The maximum absolute atomic E-state index is 11.9. The molecule has 0 saturated heterocycles. The van der Waals surface area contributed by atoms with Gasteiger partial charge in [-0.1, -0.05) is 11.6 Å². The quantitative estimate of drug-likeness (QED) is 0.833. The van der Waals surface area contributed by atoms with E-state index < -0.39 is 27.6 Å². The molecule has 0 aliphatic rings. The first-order valence-electron chi connectivity index (χ1n) is 4.23. The van der Waals surface area contributed by atoms with Crippen LogP contribution in [0.1, 0.15) is 0 Å². The summed E-state index contributed by atoms with van der Waals surface area (Å²) < 4.78 is 60.1. The predicted molar refractivity (Wildman–Crippen MR) is 57.1 cm³/mol. The first kappa shape index (κ1) is 14.1. The lowest BCUT2D eigenvalue weighted by atomic mass is 10.3. The van der Waals surface area contributed by atoms with Crippen LogP contribution in [0, 0.1) is 0 Å². The zero-order valence-electron chi connectivity index (χ0n) is 8.25. The number of benzene rings is 1. The van der Waals surface area contributed by atoms with Crippen LogP contribution in [0.15, 0.2) is 23.1 Å². The number of hydrogen-bond donors (Lipinski definition) is 2. The summed E-state index contributed by atoms with van der Waals surface area (Å²) in [4.78, 5) is -0.483. The van der Waals surface area contributed by atoms with Crippen LogP contribution in [0.2, 0.25) is 5.02 Å². The Balaban J connectivity index is 3.02. The third kappa shape index (κ3) is 4.06. The van der Waals surface area contributed by atoms with E-state index >= 15 is 0 Å². The third-order valence-electron chi connectivity index (χ3n) is 1.71. The highest BCUT2D eigenvalue weighted by Crippen LogP contribution is 2.24. The van der Waals surface area contributed by atoms with Crippen LogP contribution in [0.25, 0.3) is 0 Å². The minimum Gasteiger partial charge on any atom is -0.399 e. The van der Waals surface area contributed by atoms with Gasteiger partial charge < -0.3 is 5.73 Å². The van der Waals surface area contributed by atoms with Crippen molar-refractivity contribution in [2.24, 2.45) is 0 Å². The van der Waals surface area contributed by atoms with Crippen LogP contribution in [-0.4, -0.2) is 21.1 Å². The lowest BCUT2D eigenvalue weighted by Crippen LogP contribution is -2.33. The molecule has 0 spiro atoms. The molecule has 1 aromatic rings. The van der Waals surface area contributed by atoms with E-state index in [0.717, 1.165) is 6.07 Å². The molecule has 0 saturated carbocycles. The van der Waals surface area contributed by atoms with Crippen molar-refractivity contribution in [3.63, 3.8) is 0 Å². The van der Waals surface area contributed by atoms with Crippen molar-refractivity contribution in [3.05, 3.63) is 23.2 Å². The summed E-state index contributed by atoms with van der Waals surface area (Å²) in [6, 6.07) is 3.52. The highest BCUT2D eigenvalue weighted by molar-refractivity contribution is 7.89. The topological polar surface area (TPSA) is 72.2 Å². The normalized spacial score (nSPS) is 12.7. The molecule has 0 amide bonds. The second-order valence-corrected chi connectivity index (χ2v) is 5.27. The van der Waals surface area contributed by atoms with E-state index in [0.29, 0.717) is 0 Å². The highest BCUT2D eigenvalue weighted by Gasteiger charge is 2.30. The van der Waals surface area contributed by atoms with Gasteiger partial charge in [0.15, 0.2) is 0 Å². The average molecular weight is 289 g/mol. The molecule has 3 N–H and O–H groups in total. The number of alkyl halides is 3. The number of nitrogens with one attached hydrogen (secondary N) is 1. The lowest BCUT2D eigenvalue weighted by Gasteiger charge is -2.10. The molecule has 4 nitrogen and oxygen atoms in total. The van der Waals surface area contributed by atoms with Gasteiger partial charge in [0.1, 0.15) is 11.4 Å². The van der Waals surface area contributed by atoms with Gasteiger partial charge in [-0.3, -0.25) is 0 Å². The van der Waals surface area contributed by atoms with Crippen molar-refractivity contribution in [3.8, 4) is 0 Å². The Hall–Kier alpha value is -0.990. The van der Waals surface area contributed by atoms with E-state index in [4.69, 9.17) is 17.3 Å². The smallest absolute Gasteiger partial charge is 0.399 e. The van der Waals surface area contributed by atoms with Gasteiger partial charge in [-0.25, -0.2) is 13.1 Å². The average Bonchev–Trinajstić information content (AvgIpc) is 2.18. The number of rotatable bonds is 3. The molecule has 0 aliphatic heterocycles. The van der Waals surface area contributed by atoms with Crippen molar-refractivity contribution in [1.82, 2.24) is 4.72 Å². The third-order valence-corrected chi connectivity index (χ3v) is 3.59. The number of hydrogen-bond acceptors (Lipinski definition) is 3. The van der Waals surface area contributed by atoms with Gasteiger partial charge in [-0.2, -0.15) is 13.2 Å².